The van der Waals surface area contributed by atoms with Crippen LogP contribution in [0.1, 0.15) is 17.7 Å². The molecule has 0 saturated carbocycles. The van der Waals surface area contributed by atoms with Crippen LogP contribution in [0.5, 0.6) is 0 Å². The Hall–Kier alpha value is -1.56. The molecule has 0 aromatic carbocycles. The fourth-order valence-electron chi connectivity index (χ4n) is 1.45. The van der Waals surface area contributed by atoms with Gasteiger partial charge in [-0.25, -0.2) is 4.79 Å². The summed E-state index contributed by atoms with van der Waals surface area (Å²) in [6.07, 6.45) is 1.39. The maximum Gasteiger partial charge on any atom is 0.317 e. The van der Waals surface area contributed by atoms with Crippen molar-refractivity contribution in [1.82, 2.24) is 10.2 Å². The van der Waals surface area contributed by atoms with E-state index in [1.54, 1.807) is 18.4 Å². The molecule has 0 spiro atoms. The number of carboxylic acids is 1. The molecule has 0 atom stereocenters. The van der Waals surface area contributed by atoms with E-state index in [9.17, 15) is 9.59 Å². The molecule has 0 fully saturated rings. The lowest BCUT2D eigenvalue weighted by Gasteiger charge is -2.17. The van der Waals surface area contributed by atoms with Crippen LogP contribution in [0.2, 0.25) is 0 Å². The fraction of sp³-hybridized carbons (Fsp3) is 0.500. The van der Waals surface area contributed by atoms with Crippen LogP contribution in [0.4, 0.5) is 4.79 Å². The number of rotatable bonds is 7. The molecule has 0 saturated heterocycles. The van der Waals surface area contributed by atoms with Gasteiger partial charge in [-0.15, -0.1) is 11.3 Å². The highest BCUT2D eigenvalue weighted by atomic mass is 32.1. The Morgan fingerprint density at radius 2 is 2.28 bits per heavy atom. The monoisotopic (exact) mass is 270 g/mol. The van der Waals surface area contributed by atoms with Crippen molar-refractivity contribution < 1.29 is 14.7 Å². The number of aliphatic carboxylic acids is 1. The van der Waals surface area contributed by atoms with E-state index in [0.29, 0.717) is 19.5 Å². The Labute approximate surface area is 110 Å². The van der Waals surface area contributed by atoms with Crippen molar-refractivity contribution >= 4 is 23.3 Å². The Balaban J connectivity index is 2.13. The van der Waals surface area contributed by atoms with Gasteiger partial charge in [0.25, 0.3) is 0 Å². The van der Waals surface area contributed by atoms with Crippen LogP contribution in [0.25, 0.3) is 0 Å². The van der Waals surface area contributed by atoms with Crippen molar-refractivity contribution in [3.63, 3.8) is 0 Å². The normalized spacial score (nSPS) is 10.1. The maximum atomic E-state index is 11.6. The fourth-order valence-corrected chi connectivity index (χ4v) is 2.16. The number of thiophene rings is 1. The third kappa shape index (κ3) is 5.67. The van der Waals surface area contributed by atoms with Gasteiger partial charge in [0.15, 0.2) is 0 Å². The Morgan fingerprint density at radius 1 is 1.50 bits per heavy atom. The lowest BCUT2D eigenvalue weighted by molar-refractivity contribution is -0.137. The first-order valence-corrected chi connectivity index (χ1v) is 6.70. The number of hydrogen-bond acceptors (Lipinski definition) is 3. The minimum Gasteiger partial charge on any atom is -0.481 e. The van der Waals surface area contributed by atoms with E-state index in [1.165, 1.54) is 9.78 Å². The molecule has 1 aromatic heterocycles. The van der Waals surface area contributed by atoms with Crippen molar-refractivity contribution in [2.24, 2.45) is 0 Å². The first-order valence-electron chi connectivity index (χ1n) is 5.82. The molecule has 1 rings (SSSR count). The molecule has 100 valence electrons. The molecule has 0 aliphatic rings. The minimum atomic E-state index is -0.832. The van der Waals surface area contributed by atoms with Gasteiger partial charge in [0.2, 0.25) is 0 Å². The van der Waals surface area contributed by atoms with E-state index in [2.05, 4.69) is 5.32 Å². The molecule has 2 N–H and O–H groups in total. The van der Waals surface area contributed by atoms with Gasteiger partial charge in [0.1, 0.15) is 0 Å². The summed E-state index contributed by atoms with van der Waals surface area (Å²) in [5, 5.41) is 13.3. The summed E-state index contributed by atoms with van der Waals surface area (Å²) < 4.78 is 0. The van der Waals surface area contributed by atoms with Crippen molar-refractivity contribution in [1.29, 1.82) is 0 Å². The minimum absolute atomic E-state index is 0.0901. The van der Waals surface area contributed by atoms with Gasteiger partial charge in [-0.3, -0.25) is 4.79 Å². The van der Waals surface area contributed by atoms with E-state index in [1.807, 2.05) is 17.5 Å². The van der Waals surface area contributed by atoms with Gasteiger partial charge in [-0.05, 0) is 24.3 Å². The van der Waals surface area contributed by atoms with Crippen LogP contribution in [-0.4, -0.2) is 42.1 Å². The molecule has 18 heavy (non-hydrogen) atoms. The van der Waals surface area contributed by atoms with Gasteiger partial charge < -0.3 is 15.3 Å². The Bertz CT molecular complexity index is 379. The zero-order valence-corrected chi connectivity index (χ0v) is 11.2. The Morgan fingerprint density at radius 3 is 2.89 bits per heavy atom. The predicted molar refractivity (Wildman–Crippen MR) is 70.9 cm³/mol. The van der Waals surface area contributed by atoms with Gasteiger partial charge >= 0.3 is 12.0 Å². The zero-order chi connectivity index (χ0) is 13.4. The summed E-state index contributed by atoms with van der Waals surface area (Å²) in [7, 11) is 1.67. The molecule has 6 heteroatoms. The van der Waals surface area contributed by atoms with E-state index in [0.717, 1.165) is 6.42 Å². The van der Waals surface area contributed by atoms with Crippen molar-refractivity contribution in [3.8, 4) is 0 Å². The molecule has 0 aliphatic heterocycles. The number of nitrogens with zero attached hydrogens (tertiary/aromatic N) is 1. The molecule has 1 heterocycles. The van der Waals surface area contributed by atoms with Crippen molar-refractivity contribution in [3.05, 3.63) is 22.4 Å². The van der Waals surface area contributed by atoms with Gasteiger partial charge in [0.05, 0.1) is 0 Å². The van der Waals surface area contributed by atoms with Crippen molar-refractivity contribution in [2.75, 3.05) is 20.1 Å². The standard InChI is InChI=1S/C12H18N2O3S/c1-14(8-2-5-11(15)16)12(17)13-7-6-10-4-3-9-18-10/h3-4,9H,2,5-8H2,1H3,(H,13,17)(H,15,16). The van der Waals surface area contributed by atoms with Gasteiger partial charge in [-0.2, -0.15) is 0 Å². The summed E-state index contributed by atoms with van der Waals surface area (Å²) in [6.45, 7) is 1.06. The lowest BCUT2D eigenvalue weighted by atomic mass is 10.3. The van der Waals surface area contributed by atoms with Crippen LogP contribution >= 0.6 is 11.3 Å². The largest absolute Gasteiger partial charge is 0.481 e. The highest BCUT2D eigenvalue weighted by Gasteiger charge is 2.08. The van der Waals surface area contributed by atoms with E-state index >= 15 is 0 Å². The van der Waals surface area contributed by atoms with Crippen LogP contribution in [0.15, 0.2) is 17.5 Å². The number of urea groups is 1. The molecular weight excluding hydrogens is 252 g/mol. The third-order valence-corrected chi connectivity index (χ3v) is 3.39. The Kier molecular flexibility index (Phi) is 6.21. The topological polar surface area (TPSA) is 69.6 Å². The summed E-state index contributed by atoms with van der Waals surface area (Å²) in [6, 6.07) is 3.87. The summed E-state index contributed by atoms with van der Waals surface area (Å²) in [4.78, 5) is 24.7. The summed E-state index contributed by atoms with van der Waals surface area (Å²) in [5.74, 6) is -0.832. The quantitative estimate of drug-likeness (QED) is 0.793. The highest BCUT2D eigenvalue weighted by molar-refractivity contribution is 7.09. The average Bonchev–Trinajstić information content (AvgIpc) is 2.81. The van der Waals surface area contributed by atoms with Gasteiger partial charge in [-0.1, -0.05) is 6.07 Å². The van der Waals surface area contributed by atoms with Crippen molar-refractivity contribution in [2.45, 2.75) is 19.3 Å². The molecule has 5 nitrogen and oxygen atoms in total. The van der Waals surface area contributed by atoms with Crippen LogP contribution in [0, 0.1) is 0 Å². The molecule has 0 bridgehead atoms. The van der Waals surface area contributed by atoms with E-state index in [4.69, 9.17) is 5.11 Å². The molecule has 0 unspecified atom stereocenters. The van der Waals surface area contributed by atoms with Crippen LogP contribution < -0.4 is 5.32 Å². The lowest BCUT2D eigenvalue weighted by Crippen LogP contribution is -2.38. The highest BCUT2D eigenvalue weighted by Crippen LogP contribution is 2.08. The summed E-state index contributed by atoms with van der Waals surface area (Å²) in [5.41, 5.74) is 0. The second-order valence-electron chi connectivity index (χ2n) is 3.98. The first-order chi connectivity index (χ1) is 8.59. The van der Waals surface area contributed by atoms with Crippen LogP contribution in [0.3, 0.4) is 0 Å². The number of carbonyl (C=O) groups excluding carboxylic acids is 1. The van der Waals surface area contributed by atoms with Gasteiger partial charge in [0, 0.05) is 31.4 Å². The molecular formula is C12H18N2O3S. The third-order valence-electron chi connectivity index (χ3n) is 2.46. The predicted octanol–water partition coefficient (Wildman–Crippen LogP) is 1.80. The number of amides is 2. The summed E-state index contributed by atoms with van der Waals surface area (Å²) >= 11 is 1.67. The zero-order valence-electron chi connectivity index (χ0n) is 10.4. The smallest absolute Gasteiger partial charge is 0.317 e. The molecule has 2 amide bonds. The molecule has 0 radical (unpaired) electrons. The van der Waals surface area contributed by atoms with E-state index in [-0.39, 0.29) is 12.5 Å². The SMILES string of the molecule is CN(CCCC(=O)O)C(=O)NCCc1cccs1. The average molecular weight is 270 g/mol. The number of carboxylic acid groups (broad SMARTS) is 1. The first kappa shape index (κ1) is 14.5. The second kappa shape index (κ2) is 7.71. The number of hydrogen-bond donors (Lipinski definition) is 2. The number of nitrogens with one attached hydrogen (secondary N) is 1. The second-order valence-corrected chi connectivity index (χ2v) is 5.01. The maximum absolute atomic E-state index is 11.6. The van der Waals surface area contributed by atoms with Crippen LogP contribution in [-0.2, 0) is 11.2 Å². The molecule has 0 aliphatic carbocycles. The molecule has 1 aromatic rings. The number of carbonyl (C=O) groups is 2. The van der Waals surface area contributed by atoms with E-state index < -0.39 is 5.97 Å².